The van der Waals surface area contributed by atoms with Gasteiger partial charge >= 0.3 is 5.97 Å². The minimum atomic E-state index is -1.38. The molecule has 1 atom stereocenters. The van der Waals surface area contributed by atoms with Crippen LogP contribution in [0.4, 0.5) is 0 Å². The third kappa shape index (κ3) is 4.42. The van der Waals surface area contributed by atoms with Crippen LogP contribution in [0.1, 0.15) is 39.9 Å². The molecule has 2 heterocycles. The Morgan fingerprint density at radius 2 is 2.03 bits per heavy atom. The first-order valence-corrected chi connectivity index (χ1v) is 13.0. The Kier molecular flexibility index (Phi) is 6.95. The Morgan fingerprint density at radius 3 is 2.68 bits per heavy atom. The highest BCUT2D eigenvalue weighted by Crippen LogP contribution is 2.40. The van der Waals surface area contributed by atoms with Crippen LogP contribution in [0, 0.1) is 13.8 Å². The number of aromatic nitrogens is 3. The quantitative estimate of drug-likeness (QED) is 0.332. The highest BCUT2D eigenvalue weighted by Gasteiger charge is 2.28. The lowest BCUT2D eigenvalue weighted by Crippen LogP contribution is -2.11. The molecule has 0 bridgehead atoms. The van der Waals surface area contributed by atoms with E-state index in [4.69, 9.17) is 4.74 Å². The zero-order valence-corrected chi connectivity index (χ0v) is 21.9. The summed E-state index contributed by atoms with van der Waals surface area (Å²) < 4.78 is 23.0. The SMILES string of the molecule is CCOC(=O)c1c(CS(=O)c2cccc(C)c2)n(C)c2cc(Br)c(O)c(Cn3ccnc3C)c12. The zero-order chi connectivity index (χ0) is 24.6. The highest BCUT2D eigenvalue weighted by atomic mass is 79.9. The number of nitrogens with zero attached hydrogens (tertiary/aromatic N) is 3. The number of imidazole rings is 1. The minimum absolute atomic E-state index is 0.0445. The number of hydrogen-bond acceptors (Lipinski definition) is 5. The summed E-state index contributed by atoms with van der Waals surface area (Å²) in [7, 11) is 0.454. The fourth-order valence-electron chi connectivity index (χ4n) is 4.13. The van der Waals surface area contributed by atoms with Gasteiger partial charge in [0.05, 0.1) is 45.3 Å². The van der Waals surface area contributed by atoms with Crippen LogP contribution in [0.25, 0.3) is 10.9 Å². The van der Waals surface area contributed by atoms with Crippen molar-refractivity contribution in [2.75, 3.05) is 6.61 Å². The lowest BCUT2D eigenvalue weighted by Gasteiger charge is -2.12. The van der Waals surface area contributed by atoms with Crippen molar-refractivity contribution in [3.05, 3.63) is 75.4 Å². The molecule has 4 aromatic rings. The number of carbonyl (C=O) groups is 1. The van der Waals surface area contributed by atoms with Crippen molar-refractivity contribution >= 4 is 43.6 Å². The number of aromatic hydroxyl groups is 1. The molecule has 9 heteroatoms. The largest absolute Gasteiger partial charge is 0.506 e. The lowest BCUT2D eigenvalue weighted by molar-refractivity contribution is 0.0527. The summed E-state index contributed by atoms with van der Waals surface area (Å²) >= 11 is 3.46. The maximum absolute atomic E-state index is 13.3. The number of phenolic OH excluding ortho intramolecular Hbond substituents is 1. The number of ether oxygens (including phenoxy) is 1. The van der Waals surface area contributed by atoms with Crippen LogP contribution in [-0.4, -0.2) is 36.0 Å². The number of phenols is 1. The molecule has 0 spiro atoms. The second-order valence-corrected chi connectivity index (χ2v) is 10.4. The van der Waals surface area contributed by atoms with Crippen molar-refractivity contribution in [1.29, 1.82) is 0 Å². The van der Waals surface area contributed by atoms with Gasteiger partial charge in [-0.05, 0) is 60.5 Å². The monoisotopic (exact) mass is 543 g/mol. The summed E-state index contributed by atoms with van der Waals surface area (Å²) in [6.45, 7) is 6.09. The van der Waals surface area contributed by atoms with Gasteiger partial charge in [0.15, 0.2) is 0 Å². The molecule has 34 heavy (non-hydrogen) atoms. The molecule has 0 radical (unpaired) electrons. The third-order valence-electron chi connectivity index (χ3n) is 5.89. The van der Waals surface area contributed by atoms with Gasteiger partial charge in [-0.25, -0.2) is 9.78 Å². The molecule has 178 valence electrons. The number of benzene rings is 2. The van der Waals surface area contributed by atoms with Gasteiger partial charge in [-0.1, -0.05) is 12.1 Å². The van der Waals surface area contributed by atoms with E-state index in [1.165, 1.54) is 0 Å². The van der Waals surface area contributed by atoms with E-state index in [0.29, 0.717) is 38.1 Å². The van der Waals surface area contributed by atoms with E-state index in [1.807, 2.05) is 60.5 Å². The molecule has 1 unspecified atom stereocenters. The Hall–Kier alpha value is -2.91. The van der Waals surface area contributed by atoms with Crippen LogP contribution < -0.4 is 0 Å². The van der Waals surface area contributed by atoms with Crippen LogP contribution in [-0.2, 0) is 34.9 Å². The molecule has 0 saturated heterocycles. The maximum Gasteiger partial charge on any atom is 0.340 e. The average molecular weight is 544 g/mol. The van der Waals surface area contributed by atoms with Crippen molar-refractivity contribution in [1.82, 2.24) is 14.1 Å². The van der Waals surface area contributed by atoms with E-state index in [0.717, 1.165) is 16.9 Å². The van der Waals surface area contributed by atoms with Gasteiger partial charge in [-0.2, -0.15) is 0 Å². The first-order valence-electron chi connectivity index (χ1n) is 10.8. The number of fused-ring (bicyclic) bond motifs is 1. The predicted molar refractivity (Wildman–Crippen MR) is 136 cm³/mol. The Morgan fingerprint density at radius 1 is 1.26 bits per heavy atom. The maximum atomic E-state index is 13.3. The summed E-state index contributed by atoms with van der Waals surface area (Å²) in [6.07, 6.45) is 3.51. The van der Waals surface area contributed by atoms with Gasteiger partial charge in [0.2, 0.25) is 0 Å². The molecular formula is C25H26BrN3O4S. The van der Waals surface area contributed by atoms with Crippen molar-refractivity contribution in [2.24, 2.45) is 7.05 Å². The Balaban J connectivity index is 1.95. The van der Waals surface area contributed by atoms with E-state index in [1.54, 1.807) is 19.2 Å². The lowest BCUT2D eigenvalue weighted by atomic mass is 10.0. The zero-order valence-electron chi connectivity index (χ0n) is 19.5. The highest BCUT2D eigenvalue weighted by molar-refractivity contribution is 9.10. The molecule has 2 aromatic carbocycles. The molecule has 4 rings (SSSR count). The Labute approximate surface area is 209 Å². The van der Waals surface area contributed by atoms with Crippen LogP contribution in [0.2, 0.25) is 0 Å². The summed E-state index contributed by atoms with van der Waals surface area (Å²) in [5.41, 5.74) is 3.24. The van der Waals surface area contributed by atoms with Gasteiger partial charge in [0.1, 0.15) is 11.6 Å². The number of rotatable bonds is 7. The summed E-state index contributed by atoms with van der Waals surface area (Å²) in [5.74, 6) is 0.449. The van der Waals surface area contributed by atoms with E-state index in [9.17, 15) is 14.1 Å². The summed E-state index contributed by atoms with van der Waals surface area (Å²) in [4.78, 5) is 18.2. The predicted octanol–water partition coefficient (Wildman–Crippen LogP) is 4.99. The first-order chi connectivity index (χ1) is 16.2. The van der Waals surface area contributed by atoms with E-state index in [2.05, 4.69) is 20.9 Å². The van der Waals surface area contributed by atoms with Gasteiger partial charge in [0, 0.05) is 41.0 Å². The molecule has 2 aromatic heterocycles. The van der Waals surface area contributed by atoms with Crippen molar-refractivity contribution in [2.45, 2.75) is 38.0 Å². The Bertz CT molecular complexity index is 1420. The molecule has 0 aliphatic rings. The van der Waals surface area contributed by atoms with E-state index in [-0.39, 0.29) is 18.1 Å². The first kappa shape index (κ1) is 24.2. The molecule has 0 saturated carbocycles. The van der Waals surface area contributed by atoms with Gasteiger partial charge < -0.3 is 19.0 Å². The standard InChI is InChI=1S/C25H26BrN3O4S/c1-5-33-25(31)23-21(14-34(32)17-8-6-7-15(2)11-17)28(4)20-12-19(26)24(30)18(22(20)23)13-29-10-9-27-16(29)3/h6-12,30H,5,13-14H2,1-4H3. The molecule has 0 aliphatic carbocycles. The second kappa shape index (κ2) is 9.76. The number of aryl methyl sites for hydroxylation is 3. The van der Waals surface area contributed by atoms with Crippen molar-refractivity contribution in [3.8, 4) is 5.75 Å². The number of hydrogen-bond donors (Lipinski definition) is 1. The molecule has 1 N–H and O–H groups in total. The van der Waals surface area contributed by atoms with Crippen LogP contribution in [0.5, 0.6) is 5.75 Å². The fourth-order valence-corrected chi connectivity index (χ4v) is 5.89. The number of esters is 1. The van der Waals surface area contributed by atoms with E-state index >= 15 is 0 Å². The number of halogens is 1. The van der Waals surface area contributed by atoms with Crippen molar-refractivity contribution < 1.29 is 18.8 Å². The minimum Gasteiger partial charge on any atom is -0.506 e. The molecule has 0 aliphatic heterocycles. The molecular weight excluding hydrogens is 518 g/mol. The second-order valence-electron chi connectivity index (χ2n) is 8.09. The van der Waals surface area contributed by atoms with Crippen LogP contribution in [0.15, 0.2) is 52.1 Å². The normalized spacial score (nSPS) is 12.3. The number of carbonyl (C=O) groups excluding carboxylic acids is 1. The third-order valence-corrected chi connectivity index (χ3v) is 7.81. The molecule has 0 amide bonds. The topological polar surface area (TPSA) is 86.4 Å². The average Bonchev–Trinajstić information content (AvgIpc) is 3.32. The molecule has 7 nitrogen and oxygen atoms in total. The summed E-state index contributed by atoms with van der Waals surface area (Å²) in [5, 5.41) is 11.6. The fraction of sp³-hybridized carbons (Fsp3) is 0.280. The van der Waals surface area contributed by atoms with Crippen molar-refractivity contribution in [3.63, 3.8) is 0 Å². The van der Waals surface area contributed by atoms with Crippen LogP contribution >= 0.6 is 15.9 Å². The van der Waals surface area contributed by atoms with Gasteiger partial charge in [0.25, 0.3) is 0 Å². The summed E-state index contributed by atoms with van der Waals surface area (Å²) in [6, 6.07) is 9.31. The van der Waals surface area contributed by atoms with E-state index < -0.39 is 16.8 Å². The van der Waals surface area contributed by atoms with Gasteiger partial charge in [-0.3, -0.25) is 4.21 Å². The van der Waals surface area contributed by atoms with Gasteiger partial charge in [-0.15, -0.1) is 0 Å². The molecule has 0 fully saturated rings. The smallest absolute Gasteiger partial charge is 0.340 e. The van der Waals surface area contributed by atoms with Crippen LogP contribution in [0.3, 0.4) is 0 Å².